The van der Waals surface area contributed by atoms with Crippen LogP contribution in [0.25, 0.3) is 0 Å². The molecule has 2 rings (SSSR count). The average molecular weight is 165 g/mol. The van der Waals surface area contributed by atoms with Crippen LogP contribution in [0.1, 0.15) is 41.5 Å². The van der Waals surface area contributed by atoms with Crippen LogP contribution in [0.2, 0.25) is 0 Å². The summed E-state index contributed by atoms with van der Waals surface area (Å²) >= 11 is 0. The van der Waals surface area contributed by atoms with E-state index in [4.69, 9.17) is 0 Å². The Hall–Kier alpha value is -1.19. The summed E-state index contributed by atoms with van der Waals surface area (Å²) in [6, 6.07) is 0.423. The second-order valence-corrected chi connectivity index (χ2v) is 3.21. The molecular weight excluding hydrogens is 154 g/mol. The number of rotatable bonds is 2. The number of hydrogen-bond acceptors (Lipinski definition) is 3. The van der Waals surface area contributed by atoms with Crippen molar-refractivity contribution in [3.8, 4) is 0 Å². The van der Waals surface area contributed by atoms with E-state index in [9.17, 15) is 4.79 Å². The SMILES string of the molecule is Cc1nnn(C2CCC2)c1C=O. The fraction of sp³-hybridized carbons (Fsp3) is 0.625. The molecule has 0 aromatic carbocycles. The predicted octanol–water partition coefficient (Wildman–Crippen LogP) is 1.12. The van der Waals surface area contributed by atoms with Gasteiger partial charge in [-0.15, -0.1) is 5.10 Å². The summed E-state index contributed by atoms with van der Waals surface area (Å²) < 4.78 is 1.76. The second kappa shape index (κ2) is 2.69. The van der Waals surface area contributed by atoms with Crippen LogP contribution in [0.3, 0.4) is 0 Å². The van der Waals surface area contributed by atoms with Crippen molar-refractivity contribution in [2.24, 2.45) is 0 Å². The molecule has 0 saturated heterocycles. The molecule has 4 heteroatoms. The molecule has 1 fully saturated rings. The number of aryl methyl sites for hydroxylation is 1. The van der Waals surface area contributed by atoms with Crippen LogP contribution in [0.4, 0.5) is 0 Å². The van der Waals surface area contributed by atoms with Crippen LogP contribution in [0.15, 0.2) is 0 Å². The normalized spacial score (nSPS) is 17.4. The average Bonchev–Trinajstić information content (AvgIpc) is 2.29. The maximum atomic E-state index is 10.7. The molecule has 1 aromatic heterocycles. The van der Waals surface area contributed by atoms with Gasteiger partial charge in [-0.05, 0) is 26.2 Å². The third kappa shape index (κ3) is 0.948. The van der Waals surface area contributed by atoms with Crippen molar-refractivity contribution in [1.82, 2.24) is 15.0 Å². The first kappa shape index (κ1) is 7.46. The van der Waals surface area contributed by atoms with E-state index in [1.165, 1.54) is 6.42 Å². The van der Waals surface area contributed by atoms with Crippen LogP contribution in [-0.4, -0.2) is 21.3 Å². The Bertz CT molecular complexity index is 301. The second-order valence-electron chi connectivity index (χ2n) is 3.21. The summed E-state index contributed by atoms with van der Waals surface area (Å²) in [4.78, 5) is 10.7. The third-order valence-corrected chi connectivity index (χ3v) is 2.44. The molecule has 0 atom stereocenters. The minimum atomic E-state index is 0.423. The molecule has 0 radical (unpaired) electrons. The van der Waals surface area contributed by atoms with Crippen LogP contribution in [0, 0.1) is 6.92 Å². The number of nitrogens with zero attached hydrogens (tertiary/aromatic N) is 3. The molecule has 1 aliphatic carbocycles. The number of carbonyl (C=O) groups excluding carboxylic acids is 1. The van der Waals surface area contributed by atoms with Crippen molar-refractivity contribution in [2.45, 2.75) is 32.2 Å². The van der Waals surface area contributed by atoms with Crippen molar-refractivity contribution in [1.29, 1.82) is 0 Å². The molecule has 0 spiro atoms. The highest BCUT2D eigenvalue weighted by Crippen LogP contribution is 2.31. The predicted molar refractivity (Wildman–Crippen MR) is 43.0 cm³/mol. The molecular formula is C8H11N3O. The monoisotopic (exact) mass is 165 g/mol. The smallest absolute Gasteiger partial charge is 0.170 e. The molecule has 0 unspecified atom stereocenters. The van der Waals surface area contributed by atoms with Crippen molar-refractivity contribution in [3.63, 3.8) is 0 Å². The van der Waals surface area contributed by atoms with Crippen molar-refractivity contribution in [2.75, 3.05) is 0 Å². The van der Waals surface area contributed by atoms with E-state index in [0.717, 1.165) is 24.8 Å². The van der Waals surface area contributed by atoms with Gasteiger partial charge in [0.15, 0.2) is 6.29 Å². The summed E-state index contributed by atoms with van der Waals surface area (Å²) in [5.41, 5.74) is 1.37. The minimum absolute atomic E-state index is 0.423. The van der Waals surface area contributed by atoms with Gasteiger partial charge in [-0.2, -0.15) is 0 Å². The van der Waals surface area contributed by atoms with Gasteiger partial charge in [0.1, 0.15) is 5.69 Å². The first-order valence-electron chi connectivity index (χ1n) is 4.20. The fourth-order valence-electron chi connectivity index (χ4n) is 1.42. The molecule has 0 aliphatic heterocycles. The van der Waals surface area contributed by atoms with Gasteiger partial charge in [0.2, 0.25) is 0 Å². The van der Waals surface area contributed by atoms with E-state index < -0.39 is 0 Å². The van der Waals surface area contributed by atoms with Crippen LogP contribution >= 0.6 is 0 Å². The Morgan fingerprint density at radius 1 is 1.58 bits per heavy atom. The first-order valence-corrected chi connectivity index (χ1v) is 4.20. The largest absolute Gasteiger partial charge is 0.296 e. The Kier molecular flexibility index (Phi) is 1.67. The fourth-order valence-corrected chi connectivity index (χ4v) is 1.42. The summed E-state index contributed by atoms with van der Waals surface area (Å²) in [6.45, 7) is 1.81. The van der Waals surface area contributed by atoms with Crippen LogP contribution in [0.5, 0.6) is 0 Å². The molecule has 0 bridgehead atoms. The maximum absolute atomic E-state index is 10.7. The van der Waals surface area contributed by atoms with Gasteiger partial charge in [-0.3, -0.25) is 4.79 Å². The Morgan fingerprint density at radius 3 is 2.83 bits per heavy atom. The highest BCUT2D eigenvalue weighted by Gasteiger charge is 2.23. The van der Waals surface area contributed by atoms with Gasteiger partial charge in [0.05, 0.1) is 11.7 Å². The minimum Gasteiger partial charge on any atom is -0.296 e. The molecule has 1 aliphatic rings. The lowest BCUT2D eigenvalue weighted by Crippen LogP contribution is -2.20. The van der Waals surface area contributed by atoms with Crippen molar-refractivity contribution in [3.05, 3.63) is 11.4 Å². The molecule has 1 saturated carbocycles. The Labute approximate surface area is 70.6 Å². The summed E-state index contributed by atoms with van der Waals surface area (Å²) in [5, 5.41) is 7.82. The van der Waals surface area contributed by atoms with Gasteiger partial charge in [-0.1, -0.05) is 5.21 Å². The molecule has 12 heavy (non-hydrogen) atoms. The molecule has 64 valence electrons. The van der Waals surface area contributed by atoms with E-state index in [2.05, 4.69) is 10.3 Å². The number of hydrogen-bond donors (Lipinski definition) is 0. The van der Waals surface area contributed by atoms with E-state index in [1.807, 2.05) is 6.92 Å². The van der Waals surface area contributed by atoms with Crippen LogP contribution < -0.4 is 0 Å². The lowest BCUT2D eigenvalue weighted by Gasteiger charge is -2.25. The highest BCUT2D eigenvalue weighted by molar-refractivity contribution is 5.73. The topological polar surface area (TPSA) is 47.8 Å². The quantitative estimate of drug-likeness (QED) is 0.617. The zero-order valence-corrected chi connectivity index (χ0v) is 7.03. The van der Waals surface area contributed by atoms with E-state index >= 15 is 0 Å². The Morgan fingerprint density at radius 2 is 2.33 bits per heavy atom. The summed E-state index contributed by atoms with van der Waals surface area (Å²) in [7, 11) is 0. The Balaban J connectivity index is 2.35. The third-order valence-electron chi connectivity index (χ3n) is 2.44. The highest BCUT2D eigenvalue weighted by atomic mass is 16.1. The molecule has 1 aromatic rings. The van der Waals surface area contributed by atoms with Gasteiger partial charge in [-0.25, -0.2) is 4.68 Å². The zero-order valence-electron chi connectivity index (χ0n) is 7.03. The zero-order chi connectivity index (χ0) is 8.55. The maximum Gasteiger partial charge on any atom is 0.170 e. The molecule has 0 amide bonds. The standard InChI is InChI=1S/C8H11N3O/c1-6-8(5-12)11(10-9-6)7-3-2-4-7/h5,7H,2-4H2,1H3. The van der Waals surface area contributed by atoms with Gasteiger partial charge < -0.3 is 0 Å². The lowest BCUT2D eigenvalue weighted by atomic mass is 9.93. The summed E-state index contributed by atoms with van der Waals surface area (Å²) in [5.74, 6) is 0. The van der Waals surface area contributed by atoms with Gasteiger partial charge >= 0.3 is 0 Å². The number of aromatic nitrogens is 3. The molecule has 4 nitrogen and oxygen atoms in total. The first-order chi connectivity index (χ1) is 5.83. The van der Waals surface area contributed by atoms with Crippen molar-refractivity contribution < 1.29 is 4.79 Å². The lowest BCUT2D eigenvalue weighted by molar-refractivity contribution is 0.110. The molecule has 1 heterocycles. The number of carbonyl (C=O) groups is 1. The van der Waals surface area contributed by atoms with Crippen molar-refractivity contribution >= 4 is 6.29 Å². The van der Waals surface area contributed by atoms with Gasteiger partial charge in [0, 0.05) is 0 Å². The summed E-state index contributed by atoms with van der Waals surface area (Å²) in [6.07, 6.45) is 4.34. The van der Waals surface area contributed by atoms with E-state index in [1.54, 1.807) is 4.68 Å². The van der Waals surface area contributed by atoms with Crippen LogP contribution in [-0.2, 0) is 0 Å². The van der Waals surface area contributed by atoms with E-state index in [0.29, 0.717) is 11.7 Å². The van der Waals surface area contributed by atoms with E-state index in [-0.39, 0.29) is 0 Å². The van der Waals surface area contributed by atoms with Gasteiger partial charge in [0.25, 0.3) is 0 Å². The molecule has 0 N–H and O–H groups in total. The number of aldehydes is 1.